The summed E-state index contributed by atoms with van der Waals surface area (Å²) < 4.78 is 0.915. The fourth-order valence-corrected chi connectivity index (χ4v) is 3.12. The van der Waals surface area contributed by atoms with Crippen molar-refractivity contribution in [1.29, 1.82) is 0 Å². The third-order valence-electron chi connectivity index (χ3n) is 4.06. The number of anilines is 2. The minimum atomic E-state index is 0.504. The molecule has 1 fully saturated rings. The average Bonchev–Trinajstić information content (AvgIpc) is 2.37. The number of nitrogens with one attached hydrogen (secondary N) is 2. The van der Waals surface area contributed by atoms with Crippen molar-refractivity contribution in [3.63, 3.8) is 0 Å². The van der Waals surface area contributed by atoms with Crippen LogP contribution in [0.3, 0.4) is 0 Å². The molecular formula is C13H21BrN4. The molecule has 0 amide bonds. The van der Waals surface area contributed by atoms with Gasteiger partial charge in [0.05, 0.1) is 0 Å². The molecular weight excluding hydrogens is 292 g/mol. The molecule has 0 aliphatic heterocycles. The summed E-state index contributed by atoms with van der Waals surface area (Å²) >= 11 is 3.55. The topological polar surface area (TPSA) is 49.8 Å². The van der Waals surface area contributed by atoms with Crippen molar-refractivity contribution in [3.8, 4) is 0 Å². The first kappa shape index (κ1) is 13.6. The molecule has 1 aromatic heterocycles. The summed E-state index contributed by atoms with van der Waals surface area (Å²) in [5.74, 6) is 3.17. The highest BCUT2D eigenvalue weighted by molar-refractivity contribution is 9.10. The molecule has 3 unspecified atom stereocenters. The van der Waals surface area contributed by atoms with Crippen LogP contribution in [0.1, 0.15) is 33.1 Å². The Morgan fingerprint density at radius 1 is 1.22 bits per heavy atom. The smallest absolute Gasteiger partial charge is 0.146 e. The van der Waals surface area contributed by atoms with Crippen LogP contribution >= 0.6 is 15.9 Å². The lowest BCUT2D eigenvalue weighted by atomic mass is 9.78. The number of hydrogen-bond acceptors (Lipinski definition) is 4. The molecule has 0 bridgehead atoms. The van der Waals surface area contributed by atoms with Crippen molar-refractivity contribution in [2.24, 2.45) is 11.8 Å². The predicted molar refractivity (Wildman–Crippen MR) is 78.9 cm³/mol. The molecule has 1 heterocycles. The molecule has 2 N–H and O–H groups in total. The van der Waals surface area contributed by atoms with Crippen LogP contribution in [-0.2, 0) is 0 Å². The van der Waals surface area contributed by atoms with Crippen molar-refractivity contribution < 1.29 is 0 Å². The first-order chi connectivity index (χ1) is 8.63. The zero-order valence-electron chi connectivity index (χ0n) is 11.2. The van der Waals surface area contributed by atoms with Crippen molar-refractivity contribution in [2.45, 2.75) is 39.2 Å². The molecule has 0 saturated heterocycles. The summed E-state index contributed by atoms with van der Waals surface area (Å²) in [7, 11) is 1.86. The fraction of sp³-hybridized carbons (Fsp3) is 0.692. The van der Waals surface area contributed by atoms with E-state index in [0.717, 1.165) is 22.0 Å². The maximum Gasteiger partial charge on any atom is 0.146 e. The van der Waals surface area contributed by atoms with Crippen molar-refractivity contribution in [3.05, 3.63) is 10.8 Å². The van der Waals surface area contributed by atoms with E-state index in [1.807, 2.05) is 7.05 Å². The Labute approximate surface area is 117 Å². The lowest BCUT2D eigenvalue weighted by molar-refractivity contribution is 0.253. The Hall–Kier alpha value is -0.840. The highest BCUT2D eigenvalue weighted by atomic mass is 79.9. The Morgan fingerprint density at radius 2 is 1.94 bits per heavy atom. The lowest BCUT2D eigenvalue weighted by Gasteiger charge is -2.35. The van der Waals surface area contributed by atoms with Gasteiger partial charge in [0, 0.05) is 13.1 Å². The van der Waals surface area contributed by atoms with E-state index in [4.69, 9.17) is 0 Å². The van der Waals surface area contributed by atoms with Gasteiger partial charge in [0.2, 0.25) is 0 Å². The predicted octanol–water partition coefficient (Wildman–Crippen LogP) is 3.52. The van der Waals surface area contributed by atoms with Crippen LogP contribution in [0, 0.1) is 11.8 Å². The summed E-state index contributed by atoms with van der Waals surface area (Å²) in [5, 5.41) is 6.62. The number of rotatable bonds is 3. The number of hydrogen-bond donors (Lipinski definition) is 2. The molecule has 2 rings (SSSR count). The number of aromatic nitrogens is 2. The molecule has 5 heteroatoms. The van der Waals surface area contributed by atoms with Crippen molar-refractivity contribution >= 4 is 27.6 Å². The van der Waals surface area contributed by atoms with Gasteiger partial charge in [-0.3, -0.25) is 0 Å². The Kier molecular flexibility index (Phi) is 4.43. The van der Waals surface area contributed by atoms with E-state index in [1.54, 1.807) is 6.33 Å². The Morgan fingerprint density at radius 3 is 2.67 bits per heavy atom. The van der Waals surface area contributed by atoms with E-state index >= 15 is 0 Å². The van der Waals surface area contributed by atoms with E-state index in [9.17, 15) is 0 Å². The van der Waals surface area contributed by atoms with Gasteiger partial charge in [0.25, 0.3) is 0 Å². The van der Waals surface area contributed by atoms with Gasteiger partial charge in [-0.2, -0.15) is 0 Å². The van der Waals surface area contributed by atoms with Gasteiger partial charge in [0.15, 0.2) is 0 Å². The van der Waals surface area contributed by atoms with Crippen LogP contribution in [0.25, 0.3) is 0 Å². The standard InChI is InChI=1S/C13H21BrN4/c1-8-5-4-6-10(9(8)2)18-13-11(14)12(15-3)16-7-17-13/h7-10H,4-6H2,1-3H3,(H2,15,16,17,18). The average molecular weight is 313 g/mol. The monoisotopic (exact) mass is 312 g/mol. The minimum absolute atomic E-state index is 0.504. The molecule has 3 atom stereocenters. The van der Waals surface area contributed by atoms with Gasteiger partial charge >= 0.3 is 0 Å². The molecule has 0 radical (unpaired) electrons. The first-order valence-corrected chi connectivity index (χ1v) is 7.37. The first-order valence-electron chi connectivity index (χ1n) is 6.58. The van der Waals surface area contributed by atoms with Crippen LogP contribution in [0.15, 0.2) is 10.8 Å². The molecule has 0 aromatic carbocycles. The quantitative estimate of drug-likeness (QED) is 0.896. The van der Waals surface area contributed by atoms with E-state index in [2.05, 4.69) is 50.4 Å². The lowest BCUT2D eigenvalue weighted by Crippen LogP contribution is -2.35. The molecule has 1 aliphatic rings. The summed E-state index contributed by atoms with van der Waals surface area (Å²) in [4.78, 5) is 8.51. The highest BCUT2D eigenvalue weighted by Gasteiger charge is 2.27. The SMILES string of the molecule is CNc1ncnc(NC2CCCC(C)C2C)c1Br. The molecule has 1 saturated carbocycles. The fourth-order valence-electron chi connectivity index (χ4n) is 2.61. The third-order valence-corrected chi connectivity index (χ3v) is 4.81. The van der Waals surface area contributed by atoms with Crippen molar-refractivity contribution in [2.75, 3.05) is 17.7 Å². The maximum atomic E-state index is 4.33. The van der Waals surface area contributed by atoms with Gasteiger partial charge in [-0.1, -0.05) is 26.7 Å². The van der Waals surface area contributed by atoms with E-state index in [0.29, 0.717) is 12.0 Å². The second-order valence-electron chi connectivity index (χ2n) is 5.15. The van der Waals surface area contributed by atoms with Crippen molar-refractivity contribution in [1.82, 2.24) is 9.97 Å². The van der Waals surface area contributed by atoms with Crippen LogP contribution in [0.4, 0.5) is 11.6 Å². The van der Waals surface area contributed by atoms with Gasteiger partial charge in [0.1, 0.15) is 22.4 Å². The number of nitrogens with zero attached hydrogens (tertiary/aromatic N) is 2. The van der Waals surface area contributed by atoms with E-state index in [1.165, 1.54) is 19.3 Å². The van der Waals surface area contributed by atoms with E-state index < -0.39 is 0 Å². The molecule has 0 spiro atoms. The van der Waals surface area contributed by atoms with E-state index in [-0.39, 0.29) is 0 Å². The van der Waals surface area contributed by atoms with Gasteiger partial charge in [-0.15, -0.1) is 0 Å². The molecule has 4 nitrogen and oxygen atoms in total. The van der Waals surface area contributed by atoms with Crippen LogP contribution in [-0.4, -0.2) is 23.1 Å². The molecule has 1 aliphatic carbocycles. The van der Waals surface area contributed by atoms with Gasteiger partial charge in [-0.25, -0.2) is 9.97 Å². The largest absolute Gasteiger partial charge is 0.372 e. The van der Waals surface area contributed by atoms with Crippen LogP contribution in [0.2, 0.25) is 0 Å². The normalized spacial score (nSPS) is 27.9. The summed E-state index contributed by atoms with van der Waals surface area (Å²) in [6.07, 6.45) is 5.45. The second-order valence-corrected chi connectivity index (χ2v) is 5.95. The van der Waals surface area contributed by atoms with Crippen LogP contribution < -0.4 is 10.6 Å². The highest BCUT2D eigenvalue weighted by Crippen LogP contribution is 2.33. The molecule has 18 heavy (non-hydrogen) atoms. The molecule has 100 valence electrons. The van der Waals surface area contributed by atoms with Crippen LogP contribution in [0.5, 0.6) is 0 Å². The zero-order valence-corrected chi connectivity index (χ0v) is 12.8. The Balaban J connectivity index is 2.13. The minimum Gasteiger partial charge on any atom is -0.372 e. The second kappa shape index (κ2) is 5.87. The zero-order chi connectivity index (χ0) is 13.1. The summed E-state index contributed by atoms with van der Waals surface area (Å²) in [6.45, 7) is 4.67. The molecule has 1 aromatic rings. The third kappa shape index (κ3) is 2.76. The summed E-state index contributed by atoms with van der Waals surface area (Å²) in [5.41, 5.74) is 0. The number of halogens is 1. The maximum absolute atomic E-state index is 4.33. The van der Waals surface area contributed by atoms with Gasteiger partial charge < -0.3 is 10.6 Å². The van der Waals surface area contributed by atoms with Gasteiger partial charge in [-0.05, 0) is 34.2 Å². The Bertz CT molecular complexity index is 410. The summed E-state index contributed by atoms with van der Waals surface area (Å²) in [6, 6.07) is 0.504.